The maximum absolute atomic E-state index is 5.43. The first-order valence-corrected chi connectivity index (χ1v) is 6.76. The summed E-state index contributed by atoms with van der Waals surface area (Å²) < 4.78 is 10.00. The largest absolute Gasteiger partial charge is 0.496 e. The van der Waals surface area contributed by atoms with E-state index >= 15 is 0 Å². The summed E-state index contributed by atoms with van der Waals surface area (Å²) in [5.74, 6) is 0.864. The van der Waals surface area contributed by atoms with Crippen molar-refractivity contribution in [2.45, 2.75) is 13.5 Å². The zero-order valence-corrected chi connectivity index (χ0v) is 12.5. The summed E-state index contributed by atoms with van der Waals surface area (Å²) in [6, 6.07) is 7.96. The van der Waals surface area contributed by atoms with Crippen molar-refractivity contribution < 1.29 is 4.74 Å². The van der Waals surface area contributed by atoms with Gasteiger partial charge in [0, 0.05) is 12.6 Å². The van der Waals surface area contributed by atoms with Gasteiger partial charge in [-0.05, 0) is 25.2 Å². The summed E-state index contributed by atoms with van der Waals surface area (Å²) in [6.07, 6.45) is 0. The monoisotopic (exact) mass is 288 g/mol. The predicted octanol–water partition coefficient (Wildman–Crippen LogP) is 2.80. The first-order chi connectivity index (χ1) is 9.61. The highest BCUT2D eigenvalue weighted by Gasteiger charge is 2.14. The Morgan fingerprint density at radius 3 is 2.85 bits per heavy atom. The fourth-order valence-corrected chi connectivity index (χ4v) is 2.78. The highest BCUT2D eigenvalue weighted by molar-refractivity contribution is 7.71. The van der Waals surface area contributed by atoms with Crippen molar-refractivity contribution in [1.82, 2.24) is 19.3 Å². The van der Waals surface area contributed by atoms with Crippen LogP contribution < -0.4 is 4.74 Å². The summed E-state index contributed by atoms with van der Waals surface area (Å²) in [5.41, 5.74) is 4.03. The molecule has 2 aromatic heterocycles. The minimum Gasteiger partial charge on any atom is -0.496 e. The summed E-state index contributed by atoms with van der Waals surface area (Å²) in [6.45, 7) is 2.63. The van der Waals surface area contributed by atoms with E-state index in [2.05, 4.69) is 10.1 Å². The summed E-state index contributed by atoms with van der Waals surface area (Å²) in [7, 11) is 3.61. The molecule has 0 atom stereocenters. The van der Waals surface area contributed by atoms with Gasteiger partial charge in [0.1, 0.15) is 11.3 Å². The van der Waals surface area contributed by atoms with E-state index in [0.717, 1.165) is 28.2 Å². The molecule has 3 rings (SSSR count). The molecule has 0 amide bonds. The van der Waals surface area contributed by atoms with Crippen molar-refractivity contribution >= 4 is 23.4 Å². The molecule has 20 heavy (non-hydrogen) atoms. The van der Waals surface area contributed by atoms with Gasteiger partial charge in [-0.1, -0.05) is 18.2 Å². The minimum absolute atomic E-state index is 0.655. The van der Waals surface area contributed by atoms with Crippen LogP contribution in [-0.4, -0.2) is 26.4 Å². The molecule has 1 aromatic carbocycles. The molecule has 0 saturated carbocycles. The lowest BCUT2D eigenvalue weighted by Crippen LogP contribution is -2.05. The number of fused-ring (bicyclic) bond motifs is 1. The SMILES string of the molecule is COc1ccccc1Cn1c(=S)[nH]c2c(C)nn(C)c21. The number of aromatic amines is 1. The summed E-state index contributed by atoms with van der Waals surface area (Å²) in [4.78, 5) is 3.23. The number of nitrogens with one attached hydrogen (secondary N) is 1. The van der Waals surface area contributed by atoms with Crippen LogP contribution in [0.3, 0.4) is 0 Å². The van der Waals surface area contributed by atoms with E-state index in [1.54, 1.807) is 7.11 Å². The first-order valence-electron chi connectivity index (χ1n) is 6.36. The van der Waals surface area contributed by atoms with Crippen molar-refractivity contribution in [3.63, 3.8) is 0 Å². The van der Waals surface area contributed by atoms with E-state index < -0.39 is 0 Å². The van der Waals surface area contributed by atoms with Gasteiger partial charge in [-0.25, -0.2) is 0 Å². The number of hydrogen-bond donors (Lipinski definition) is 1. The normalized spacial score (nSPS) is 11.2. The van der Waals surface area contributed by atoms with Gasteiger partial charge in [0.05, 0.1) is 19.3 Å². The maximum Gasteiger partial charge on any atom is 0.179 e. The van der Waals surface area contributed by atoms with Crippen LogP contribution in [-0.2, 0) is 13.6 Å². The first kappa shape index (κ1) is 12.9. The Hall–Kier alpha value is -2.08. The quantitative estimate of drug-likeness (QED) is 0.754. The van der Waals surface area contributed by atoms with Crippen molar-refractivity contribution in [2.24, 2.45) is 7.05 Å². The number of aromatic nitrogens is 4. The van der Waals surface area contributed by atoms with Gasteiger partial charge < -0.3 is 9.72 Å². The lowest BCUT2D eigenvalue weighted by Gasteiger charge is -2.09. The van der Waals surface area contributed by atoms with Crippen LogP contribution in [0.25, 0.3) is 11.2 Å². The van der Waals surface area contributed by atoms with E-state index in [1.807, 2.05) is 47.5 Å². The topological polar surface area (TPSA) is 47.8 Å². The summed E-state index contributed by atoms with van der Waals surface area (Å²) >= 11 is 5.43. The zero-order valence-electron chi connectivity index (χ0n) is 11.7. The molecule has 0 bridgehead atoms. The molecule has 0 fully saturated rings. The fourth-order valence-electron chi connectivity index (χ4n) is 2.52. The molecule has 0 aliphatic carbocycles. The van der Waals surface area contributed by atoms with E-state index in [9.17, 15) is 0 Å². The molecule has 0 spiro atoms. The Labute approximate surface area is 121 Å². The Morgan fingerprint density at radius 2 is 2.10 bits per heavy atom. The van der Waals surface area contributed by atoms with Crippen LogP contribution >= 0.6 is 12.2 Å². The van der Waals surface area contributed by atoms with Crippen molar-refractivity contribution in [1.29, 1.82) is 0 Å². The fraction of sp³-hybridized carbons (Fsp3) is 0.286. The third-order valence-corrected chi connectivity index (χ3v) is 3.77. The molecule has 0 unspecified atom stereocenters. The lowest BCUT2D eigenvalue weighted by atomic mass is 10.2. The van der Waals surface area contributed by atoms with E-state index in [0.29, 0.717) is 11.3 Å². The number of H-pyrrole nitrogens is 1. The smallest absolute Gasteiger partial charge is 0.179 e. The van der Waals surface area contributed by atoms with Gasteiger partial charge in [-0.2, -0.15) is 5.10 Å². The number of aryl methyl sites for hydroxylation is 2. The molecule has 0 radical (unpaired) electrons. The van der Waals surface area contributed by atoms with Gasteiger partial charge in [-0.15, -0.1) is 0 Å². The van der Waals surface area contributed by atoms with Crippen LogP contribution in [0.2, 0.25) is 0 Å². The molecule has 0 saturated heterocycles. The second-order valence-electron chi connectivity index (χ2n) is 4.74. The van der Waals surface area contributed by atoms with Gasteiger partial charge in [0.2, 0.25) is 0 Å². The Bertz CT molecular complexity index is 827. The Balaban J connectivity index is 2.16. The van der Waals surface area contributed by atoms with Crippen LogP contribution in [0.5, 0.6) is 5.75 Å². The highest BCUT2D eigenvalue weighted by Crippen LogP contribution is 2.22. The van der Waals surface area contributed by atoms with Crippen LogP contribution in [0.1, 0.15) is 11.3 Å². The number of nitrogens with zero attached hydrogens (tertiary/aromatic N) is 3. The maximum atomic E-state index is 5.43. The number of benzene rings is 1. The van der Waals surface area contributed by atoms with Crippen LogP contribution in [0.15, 0.2) is 24.3 Å². The van der Waals surface area contributed by atoms with E-state index in [1.165, 1.54) is 0 Å². The zero-order chi connectivity index (χ0) is 14.3. The van der Waals surface area contributed by atoms with Gasteiger partial charge in [-0.3, -0.25) is 9.25 Å². The lowest BCUT2D eigenvalue weighted by molar-refractivity contribution is 0.408. The molecule has 6 heteroatoms. The number of imidazole rings is 1. The molecule has 3 aromatic rings. The molecule has 0 aliphatic heterocycles. The van der Waals surface area contributed by atoms with Gasteiger partial charge in [0.25, 0.3) is 0 Å². The van der Waals surface area contributed by atoms with Crippen molar-refractivity contribution in [3.05, 3.63) is 40.3 Å². The van der Waals surface area contributed by atoms with E-state index in [-0.39, 0.29) is 0 Å². The second-order valence-corrected chi connectivity index (χ2v) is 5.12. The van der Waals surface area contributed by atoms with Crippen molar-refractivity contribution in [2.75, 3.05) is 7.11 Å². The number of hydrogen-bond acceptors (Lipinski definition) is 3. The third kappa shape index (κ3) is 1.92. The highest BCUT2D eigenvalue weighted by atomic mass is 32.1. The molecule has 0 aliphatic rings. The number of rotatable bonds is 3. The second kappa shape index (κ2) is 4.79. The van der Waals surface area contributed by atoms with Gasteiger partial charge >= 0.3 is 0 Å². The third-order valence-electron chi connectivity index (χ3n) is 3.45. The van der Waals surface area contributed by atoms with E-state index in [4.69, 9.17) is 17.0 Å². The number of ether oxygens (including phenoxy) is 1. The Kier molecular flexibility index (Phi) is 3.10. The molecule has 104 valence electrons. The average Bonchev–Trinajstić information content (AvgIpc) is 2.90. The van der Waals surface area contributed by atoms with Gasteiger partial charge in [0.15, 0.2) is 10.4 Å². The number of para-hydroxylation sites is 1. The Morgan fingerprint density at radius 1 is 1.35 bits per heavy atom. The van der Waals surface area contributed by atoms with Crippen molar-refractivity contribution in [3.8, 4) is 5.75 Å². The standard InChI is InChI=1S/C14H16N4OS/c1-9-12-13(17(2)16-9)18(14(20)15-12)8-10-6-4-5-7-11(10)19-3/h4-7H,8H2,1-3H3,(H,15,20). The molecule has 2 heterocycles. The molecule has 1 N–H and O–H groups in total. The predicted molar refractivity (Wildman–Crippen MR) is 80.7 cm³/mol. The number of methoxy groups -OCH3 is 1. The molecule has 5 nitrogen and oxygen atoms in total. The summed E-state index contributed by atoms with van der Waals surface area (Å²) in [5, 5.41) is 4.42. The average molecular weight is 288 g/mol. The minimum atomic E-state index is 0.655. The van der Waals surface area contributed by atoms with Crippen LogP contribution in [0, 0.1) is 11.7 Å². The molecular weight excluding hydrogens is 272 g/mol. The van der Waals surface area contributed by atoms with Crippen LogP contribution in [0.4, 0.5) is 0 Å². The molecular formula is C14H16N4OS.